The van der Waals surface area contributed by atoms with E-state index in [2.05, 4.69) is 10.3 Å². The molecule has 2 aliphatic heterocycles. The molecule has 0 radical (unpaired) electrons. The summed E-state index contributed by atoms with van der Waals surface area (Å²) < 4.78 is 18.3. The number of amides is 3. The predicted octanol–water partition coefficient (Wildman–Crippen LogP) is 1.56. The SMILES string of the molecule is CCCOC(=O)CSC1=NC2C(C(=O)NC(=O)N2C)N1Cc1ccc(F)cc1. The number of carbonyl (C=O) groups is 3. The van der Waals surface area contributed by atoms with Gasteiger partial charge in [0.25, 0.3) is 5.91 Å². The number of fused-ring (bicyclic) bond motifs is 1. The molecule has 1 fully saturated rings. The number of hydrogen-bond acceptors (Lipinski definition) is 7. The molecule has 1 saturated heterocycles. The summed E-state index contributed by atoms with van der Waals surface area (Å²) in [5.74, 6) is -1.15. The highest BCUT2D eigenvalue weighted by molar-refractivity contribution is 8.14. The van der Waals surface area contributed by atoms with E-state index in [1.54, 1.807) is 24.1 Å². The van der Waals surface area contributed by atoms with Crippen molar-refractivity contribution in [3.63, 3.8) is 0 Å². The molecule has 0 aliphatic carbocycles. The summed E-state index contributed by atoms with van der Waals surface area (Å²) in [5.41, 5.74) is 0.774. The molecular formula is C18H21FN4O4S. The van der Waals surface area contributed by atoms with Gasteiger partial charge in [0.05, 0.1) is 12.4 Å². The Balaban J connectivity index is 1.80. The van der Waals surface area contributed by atoms with Gasteiger partial charge in [0.2, 0.25) is 0 Å². The second kappa shape index (κ2) is 8.59. The van der Waals surface area contributed by atoms with Crippen LogP contribution in [0.5, 0.6) is 0 Å². The Morgan fingerprint density at radius 1 is 1.32 bits per heavy atom. The third kappa shape index (κ3) is 4.27. The number of benzene rings is 1. The number of hydrogen-bond donors (Lipinski definition) is 1. The predicted molar refractivity (Wildman–Crippen MR) is 102 cm³/mol. The lowest BCUT2D eigenvalue weighted by atomic mass is 10.1. The first-order valence-electron chi connectivity index (χ1n) is 8.85. The number of imide groups is 1. The van der Waals surface area contributed by atoms with E-state index in [0.717, 1.165) is 23.7 Å². The van der Waals surface area contributed by atoms with Crippen molar-refractivity contribution in [2.45, 2.75) is 32.1 Å². The number of thioether (sulfide) groups is 1. The summed E-state index contributed by atoms with van der Waals surface area (Å²) in [4.78, 5) is 43.8. The van der Waals surface area contributed by atoms with E-state index in [1.807, 2.05) is 6.92 Å². The fourth-order valence-corrected chi connectivity index (χ4v) is 3.81. The molecule has 3 rings (SSSR count). The average Bonchev–Trinajstić information content (AvgIpc) is 3.03. The lowest BCUT2D eigenvalue weighted by Gasteiger charge is -2.36. The average molecular weight is 408 g/mol. The highest BCUT2D eigenvalue weighted by Crippen LogP contribution is 2.30. The standard InChI is InChI=1S/C18H21FN4O4S/c1-3-8-27-13(24)10-28-18-20-15-14(16(25)21-17(26)22(15)2)23(18)9-11-4-6-12(19)7-5-11/h4-7,14-15H,3,8-10H2,1-2H3,(H,21,25,26). The van der Waals surface area contributed by atoms with Crippen LogP contribution in [0.3, 0.4) is 0 Å². The zero-order valence-corrected chi connectivity index (χ0v) is 16.4. The summed E-state index contributed by atoms with van der Waals surface area (Å²) in [5, 5.41) is 2.77. The van der Waals surface area contributed by atoms with Gasteiger partial charge in [0, 0.05) is 13.6 Å². The Labute approximate surface area is 166 Å². The number of aliphatic imine (C=N–C) groups is 1. The van der Waals surface area contributed by atoms with Gasteiger partial charge in [0.1, 0.15) is 5.82 Å². The van der Waals surface area contributed by atoms with Gasteiger partial charge in [0.15, 0.2) is 17.4 Å². The topological polar surface area (TPSA) is 91.3 Å². The number of nitrogens with one attached hydrogen (secondary N) is 1. The van der Waals surface area contributed by atoms with Crippen LogP contribution in [0.1, 0.15) is 18.9 Å². The molecule has 2 atom stereocenters. The van der Waals surface area contributed by atoms with Crippen molar-refractivity contribution in [1.29, 1.82) is 0 Å². The Hall–Kier alpha value is -2.62. The number of carbonyl (C=O) groups excluding carboxylic acids is 3. The quantitative estimate of drug-likeness (QED) is 0.719. The maximum Gasteiger partial charge on any atom is 0.325 e. The first kappa shape index (κ1) is 20.1. The van der Waals surface area contributed by atoms with E-state index in [4.69, 9.17) is 4.74 Å². The number of likely N-dealkylation sites (N-methyl/N-ethyl adjacent to an activating group) is 1. The normalized spacial score (nSPS) is 21.3. The van der Waals surface area contributed by atoms with E-state index in [1.165, 1.54) is 17.0 Å². The Bertz CT molecular complexity index is 801. The van der Waals surface area contributed by atoms with Crippen LogP contribution < -0.4 is 5.32 Å². The molecule has 1 aromatic carbocycles. The second-order valence-corrected chi connectivity index (χ2v) is 7.38. The number of esters is 1. The van der Waals surface area contributed by atoms with Crippen LogP contribution >= 0.6 is 11.8 Å². The number of urea groups is 1. The fourth-order valence-electron chi connectivity index (χ4n) is 2.95. The number of ether oxygens (including phenoxy) is 1. The molecule has 0 spiro atoms. The van der Waals surface area contributed by atoms with Crippen LogP contribution in [0.2, 0.25) is 0 Å². The van der Waals surface area contributed by atoms with E-state index < -0.39 is 24.1 Å². The highest BCUT2D eigenvalue weighted by atomic mass is 32.2. The largest absolute Gasteiger partial charge is 0.465 e. The first-order valence-corrected chi connectivity index (χ1v) is 9.84. The third-order valence-electron chi connectivity index (χ3n) is 4.37. The lowest BCUT2D eigenvalue weighted by Crippen LogP contribution is -2.63. The van der Waals surface area contributed by atoms with Crippen molar-refractivity contribution in [3.8, 4) is 0 Å². The van der Waals surface area contributed by atoms with Crippen molar-refractivity contribution >= 4 is 34.8 Å². The van der Waals surface area contributed by atoms with Crippen LogP contribution in [-0.2, 0) is 20.9 Å². The fraction of sp³-hybridized carbons (Fsp3) is 0.444. The van der Waals surface area contributed by atoms with E-state index in [-0.39, 0.29) is 24.1 Å². The molecule has 0 aromatic heterocycles. The van der Waals surface area contributed by atoms with Crippen molar-refractivity contribution < 1.29 is 23.5 Å². The number of rotatable bonds is 6. The minimum absolute atomic E-state index is 0.0392. The Morgan fingerprint density at radius 3 is 2.71 bits per heavy atom. The van der Waals surface area contributed by atoms with Crippen LogP contribution in [-0.4, -0.2) is 64.5 Å². The lowest BCUT2D eigenvalue weighted by molar-refractivity contribution is -0.140. The van der Waals surface area contributed by atoms with Gasteiger partial charge in [-0.1, -0.05) is 30.8 Å². The molecule has 3 amide bonds. The Kier molecular flexibility index (Phi) is 6.18. The van der Waals surface area contributed by atoms with Gasteiger partial charge in [-0.05, 0) is 24.1 Å². The van der Waals surface area contributed by atoms with Crippen molar-refractivity contribution in [1.82, 2.24) is 15.1 Å². The molecule has 1 N–H and O–H groups in total. The molecule has 28 heavy (non-hydrogen) atoms. The minimum Gasteiger partial charge on any atom is -0.465 e. The molecule has 10 heteroatoms. The number of nitrogens with zero attached hydrogens (tertiary/aromatic N) is 3. The van der Waals surface area contributed by atoms with Gasteiger partial charge >= 0.3 is 12.0 Å². The summed E-state index contributed by atoms with van der Waals surface area (Å²) in [6, 6.07) is 4.68. The second-order valence-electron chi connectivity index (χ2n) is 6.44. The van der Waals surface area contributed by atoms with Crippen LogP contribution in [0, 0.1) is 5.82 Å². The zero-order valence-electron chi connectivity index (χ0n) is 15.6. The third-order valence-corrected chi connectivity index (χ3v) is 5.35. The molecule has 0 saturated carbocycles. The maximum atomic E-state index is 13.2. The zero-order chi connectivity index (χ0) is 20.3. The summed E-state index contributed by atoms with van der Waals surface area (Å²) in [7, 11) is 1.56. The molecule has 2 heterocycles. The van der Waals surface area contributed by atoms with Gasteiger partial charge < -0.3 is 14.5 Å². The molecule has 2 aliphatic rings. The van der Waals surface area contributed by atoms with Gasteiger partial charge in [-0.2, -0.15) is 0 Å². The maximum absolute atomic E-state index is 13.2. The number of halogens is 1. The minimum atomic E-state index is -0.720. The Morgan fingerprint density at radius 2 is 2.04 bits per heavy atom. The van der Waals surface area contributed by atoms with E-state index in [9.17, 15) is 18.8 Å². The van der Waals surface area contributed by atoms with Gasteiger partial charge in [-0.25, -0.2) is 14.2 Å². The summed E-state index contributed by atoms with van der Waals surface area (Å²) in [6.07, 6.45) is 0.0431. The molecule has 150 valence electrons. The summed E-state index contributed by atoms with van der Waals surface area (Å²) in [6.45, 7) is 2.53. The molecule has 1 aromatic rings. The van der Waals surface area contributed by atoms with Crippen molar-refractivity contribution in [2.24, 2.45) is 4.99 Å². The number of amidine groups is 1. The van der Waals surface area contributed by atoms with Gasteiger partial charge in [-0.15, -0.1) is 0 Å². The van der Waals surface area contributed by atoms with Crippen LogP contribution in [0.4, 0.5) is 9.18 Å². The summed E-state index contributed by atoms with van der Waals surface area (Å²) >= 11 is 1.15. The van der Waals surface area contributed by atoms with Crippen molar-refractivity contribution in [2.75, 3.05) is 19.4 Å². The van der Waals surface area contributed by atoms with E-state index in [0.29, 0.717) is 11.8 Å². The van der Waals surface area contributed by atoms with Crippen LogP contribution in [0.25, 0.3) is 0 Å². The van der Waals surface area contributed by atoms with Crippen LogP contribution in [0.15, 0.2) is 29.3 Å². The monoisotopic (exact) mass is 408 g/mol. The molecule has 0 bridgehead atoms. The van der Waals surface area contributed by atoms with E-state index >= 15 is 0 Å². The first-order chi connectivity index (χ1) is 13.4. The highest BCUT2D eigenvalue weighted by Gasteiger charge is 2.48. The molecule has 2 unspecified atom stereocenters. The molecular weight excluding hydrogens is 387 g/mol. The van der Waals surface area contributed by atoms with Crippen molar-refractivity contribution in [3.05, 3.63) is 35.6 Å². The molecule has 8 nitrogen and oxygen atoms in total. The smallest absolute Gasteiger partial charge is 0.325 e. The van der Waals surface area contributed by atoms with Gasteiger partial charge in [-0.3, -0.25) is 14.9 Å².